The van der Waals surface area contributed by atoms with Crippen molar-refractivity contribution in [2.75, 3.05) is 0 Å². The Labute approximate surface area is 151 Å². The molecule has 0 saturated carbocycles. The molecule has 1 aromatic heterocycles. The summed E-state index contributed by atoms with van der Waals surface area (Å²) in [6.45, 7) is 2.42. The minimum atomic E-state index is -0.475. The van der Waals surface area contributed by atoms with Crippen LogP contribution in [0.15, 0.2) is 59.2 Å². The first-order valence-corrected chi connectivity index (χ1v) is 8.34. The minimum Gasteiger partial charge on any atom is -0.508 e. The molecular weight excluding hydrogens is 330 g/mol. The van der Waals surface area contributed by atoms with Gasteiger partial charge >= 0.3 is 0 Å². The van der Waals surface area contributed by atoms with Crippen LogP contribution in [-0.4, -0.2) is 16.0 Å². The number of aryl methyl sites for hydroxylation is 1. The van der Waals surface area contributed by atoms with Crippen molar-refractivity contribution >= 4 is 5.91 Å². The van der Waals surface area contributed by atoms with Crippen LogP contribution in [0.4, 0.5) is 0 Å². The Kier molecular flexibility index (Phi) is 5.34. The molecular formula is C20H21N3O3. The number of phenolic OH excluding ortho intramolecular Hbond substituents is 1. The first kappa shape index (κ1) is 17.7. The van der Waals surface area contributed by atoms with Crippen molar-refractivity contribution in [2.24, 2.45) is 5.73 Å². The molecule has 0 fully saturated rings. The van der Waals surface area contributed by atoms with E-state index in [1.165, 1.54) is 6.26 Å². The zero-order chi connectivity index (χ0) is 18.5. The third-order valence-electron chi connectivity index (χ3n) is 4.16. The van der Waals surface area contributed by atoms with Crippen molar-refractivity contribution in [3.8, 4) is 5.75 Å². The molecule has 4 N–H and O–H groups in total. The van der Waals surface area contributed by atoms with E-state index in [1.54, 1.807) is 24.3 Å². The van der Waals surface area contributed by atoms with Crippen LogP contribution in [0.5, 0.6) is 5.75 Å². The lowest BCUT2D eigenvalue weighted by Gasteiger charge is -2.07. The molecule has 6 nitrogen and oxygen atoms in total. The van der Waals surface area contributed by atoms with E-state index in [0.717, 1.165) is 16.7 Å². The Balaban J connectivity index is 1.60. The van der Waals surface area contributed by atoms with Crippen LogP contribution in [0.25, 0.3) is 0 Å². The van der Waals surface area contributed by atoms with Crippen molar-refractivity contribution in [2.45, 2.75) is 25.9 Å². The van der Waals surface area contributed by atoms with Crippen molar-refractivity contribution in [3.05, 3.63) is 83.1 Å². The Morgan fingerprint density at radius 2 is 1.96 bits per heavy atom. The zero-order valence-electron chi connectivity index (χ0n) is 14.5. The maximum atomic E-state index is 12.3. The fourth-order valence-electron chi connectivity index (χ4n) is 2.61. The van der Waals surface area contributed by atoms with Gasteiger partial charge in [0, 0.05) is 6.54 Å². The lowest BCUT2D eigenvalue weighted by molar-refractivity contribution is 0.0946. The molecule has 2 aromatic carbocycles. The third kappa shape index (κ3) is 4.29. The Hall–Kier alpha value is -3.12. The normalized spacial score (nSPS) is 11.9. The standard InChI is InChI=1S/C20H21N3O3/c1-13-4-2-3-5-15(13)11-22-19(25)18-12-26-20(23-18)17(21)10-14-6-8-16(24)9-7-14/h2-9,12,17,24H,10-11,21H2,1H3,(H,22,25). The summed E-state index contributed by atoms with van der Waals surface area (Å²) >= 11 is 0. The molecule has 6 heteroatoms. The van der Waals surface area contributed by atoms with Crippen molar-refractivity contribution in [1.82, 2.24) is 10.3 Å². The number of hydrogen-bond donors (Lipinski definition) is 3. The third-order valence-corrected chi connectivity index (χ3v) is 4.16. The van der Waals surface area contributed by atoms with Gasteiger partial charge in [0.1, 0.15) is 12.0 Å². The van der Waals surface area contributed by atoms with E-state index in [-0.39, 0.29) is 17.4 Å². The number of nitrogens with one attached hydrogen (secondary N) is 1. The van der Waals surface area contributed by atoms with Gasteiger partial charge in [-0.15, -0.1) is 0 Å². The van der Waals surface area contributed by atoms with Gasteiger partial charge in [-0.25, -0.2) is 4.98 Å². The monoisotopic (exact) mass is 351 g/mol. The minimum absolute atomic E-state index is 0.200. The van der Waals surface area contributed by atoms with E-state index >= 15 is 0 Å². The molecule has 3 rings (SSSR count). The van der Waals surface area contributed by atoms with Crippen molar-refractivity contribution in [3.63, 3.8) is 0 Å². The second-order valence-electron chi connectivity index (χ2n) is 6.16. The lowest BCUT2D eigenvalue weighted by atomic mass is 10.1. The number of oxazole rings is 1. The number of hydrogen-bond acceptors (Lipinski definition) is 5. The molecule has 134 valence electrons. The van der Waals surface area contributed by atoms with Gasteiger partial charge in [-0.2, -0.15) is 0 Å². The number of rotatable bonds is 6. The number of carbonyl (C=O) groups excluding carboxylic acids is 1. The first-order valence-electron chi connectivity index (χ1n) is 8.34. The van der Waals surface area contributed by atoms with Gasteiger partial charge in [0.15, 0.2) is 5.69 Å². The van der Waals surface area contributed by atoms with E-state index in [1.807, 2.05) is 31.2 Å². The quantitative estimate of drug-likeness (QED) is 0.634. The topological polar surface area (TPSA) is 101 Å². The van der Waals surface area contributed by atoms with Crippen LogP contribution in [0.3, 0.4) is 0 Å². The summed E-state index contributed by atoms with van der Waals surface area (Å²) in [6.07, 6.45) is 1.81. The van der Waals surface area contributed by atoms with Crippen LogP contribution in [0.2, 0.25) is 0 Å². The van der Waals surface area contributed by atoms with E-state index < -0.39 is 6.04 Å². The maximum Gasteiger partial charge on any atom is 0.273 e. The molecule has 0 radical (unpaired) electrons. The number of benzene rings is 2. The molecule has 1 heterocycles. The van der Waals surface area contributed by atoms with E-state index in [2.05, 4.69) is 10.3 Å². The van der Waals surface area contributed by atoms with Crippen LogP contribution in [0.1, 0.15) is 39.1 Å². The van der Waals surface area contributed by atoms with Crippen LogP contribution in [0, 0.1) is 6.92 Å². The molecule has 0 bridgehead atoms. The van der Waals surface area contributed by atoms with E-state index in [9.17, 15) is 9.90 Å². The Bertz CT molecular complexity index is 887. The SMILES string of the molecule is Cc1ccccc1CNC(=O)c1coc(C(N)Cc2ccc(O)cc2)n1. The molecule has 1 unspecified atom stereocenters. The summed E-state index contributed by atoms with van der Waals surface area (Å²) < 4.78 is 5.37. The van der Waals surface area contributed by atoms with Gasteiger partial charge in [0.25, 0.3) is 5.91 Å². The van der Waals surface area contributed by atoms with Gasteiger partial charge in [-0.1, -0.05) is 36.4 Å². The smallest absolute Gasteiger partial charge is 0.273 e. The molecule has 3 aromatic rings. The highest BCUT2D eigenvalue weighted by Crippen LogP contribution is 2.18. The van der Waals surface area contributed by atoms with Gasteiger partial charge < -0.3 is 20.6 Å². The summed E-state index contributed by atoms with van der Waals surface area (Å²) in [5.41, 5.74) is 9.42. The second-order valence-corrected chi connectivity index (χ2v) is 6.16. The van der Waals surface area contributed by atoms with Gasteiger partial charge in [0.2, 0.25) is 5.89 Å². The zero-order valence-corrected chi connectivity index (χ0v) is 14.5. The average molecular weight is 351 g/mol. The molecule has 0 aliphatic heterocycles. The van der Waals surface area contributed by atoms with Gasteiger partial charge in [-0.05, 0) is 42.2 Å². The summed E-state index contributed by atoms with van der Waals surface area (Å²) in [6, 6.07) is 14.2. The molecule has 0 spiro atoms. The molecule has 26 heavy (non-hydrogen) atoms. The molecule has 1 amide bonds. The molecule has 0 aliphatic rings. The summed E-state index contributed by atoms with van der Waals surface area (Å²) in [5.74, 6) is 0.199. The maximum absolute atomic E-state index is 12.3. The summed E-state index contributed by atoms with van der Waals surface area (Å²) in [4.78, 5) is 16.5. The largest absolute Gasteiger partial charge is 0.508 e. The lowest BCUT2D eigenvalue weighted by Crippen LogP contribution is -2.24. The number of phenols is 1. The van der Waals surface area contributed by atoms with Crippen LogP contribution < -0.4 is 11.1 Å². The van der Waals surface area contributed by atoms with Gasteiger partial charge in [0.05, 0.1) is 6.04 Å². The summed E-state index contributed by atoms with van der Waals surface area (Å²) in [7, 11) is 0. The number of aromatic nitrogens is 1. The number of nitrogens with two attached hydrogens (primary N) is 1. The number of aromatic hydroxyl groups is 1. The number of nitrogens with zero attached hydrogens (tertiary/aromatic N) is 1. The van der Waals surface area contributed by atoms with Crippen molar-refractivity contribution in [1.29, 1.82) is 0 Å². The molecule has 1 atom stereocenters. The summed E-state index contributed by atoms with van der Waals surface area (Å²) in [5, 5.41) is 12.1. The average Bonchev–Trinajstić information content (AvgIpc) is 3.13. The number of amides is 1. The highest BCUT2D eigenvalue weighted by atomic mass is 16.3. The fourth-order valence-corrected chi connectivity index (χ4v) is 2.61. The predicted octanol–water partition coefficient (Wildman–Crippen LogP) is 2.86. The first-order chi connectivity index (χ1) is 12.5. The van der Waals surface area contributed by atoms with Crippen LogP contribution >= 0.6 is 0 Å². The Morgan fingerprint density at radius 3 is 2.69 bits per heavy atom. The highest BCUT2D eigenvalue weighted by molar-refractivity contribution is 5.91. The highest BCUT2D eigenvalue weighted by Gasteiger charge is 2.17. The fraction of sp³-hybridized carbons (Fsp3) is 0.200. The molecule has 0 aliphatic carbocycles. The van der Waals surface area contributed by atoms with Gasteiger partial charge in [-0.3, -0.25) is 4.79 Å². The van der Waals surface area contributed by atoms with Crippen molar-refractivity contribution < 1.29 is 14.3 Å². The molecule has 0 saturated heterocycles. The number of carbonyl (C=O) groups is 1. The predicted molar refractivity (Wildman–Crippen MR) is 97.6 cm³/mol. The van der Waals surface area contributed by atoms with E-state index in [4.69, 9.17) is 10.2 Å². The Morgan fingerprint density at radius 1 is 1.23 bits per heavy atom. The van der Waals surface area contributed by atoms with E-state index in [0.29, 0.717) is 18.9 Å². The second kappa shape index (κ2) is 7.84. The van der Waals surface area contributed by atoms with Crippen LogP contribution in [-0.2, 0) is 13.0 Å².